The first-order valence-electron chi connectivity index (χ1n) is 18.0. The zero-order valence-corrected chi connectivity index (χ0v) is 34.0. The van der Waals surface area contributed by atoms with Crippen molar-refractivity contribution in [3.05, 3.63) is 82.6 Å². The minimum atomic E-state index is -4.60. The molecule has 0 radical (unpaired) electrons. The highest BCUT2D eigenvalue weighted by Crippen LogP contribution is 2.43. The zero-order valence-electron chi connectivity index (χ0n) is 32.5. The fraction of sp³-hybridized carbons (Fsp3) is 0.308. The lowest BCUT2D eigenvalue weighted by Crippen LogP contribution is -2.25. The van der Waals surface area contributed by atoms with Crippen molar-refractivity contribution in [2.75, 3.05) is 37.3 Å². The third kappa shape index (κ3) is 11.3. The highest BCUT2D eigenvalue weighted by atomic mass is 79.9. The summed E-state index contributed by atoms with van der Waals surface area (Å²) in [7, 11) is 4.62. The van der Waals surface area contributed by atoms with Crippen LogP contribution in [0, 0.1) is 0 Å². The number of methoxy groups -OCH3 is 3. The van der Waals surface area contributed by atoms with Gasteiger partial charge in [0.05, 0.1) is 37.6 Å². The van der Waals surface area contributed by atoms with Crippen LogP contribution in [0.5, 0.6) is 40.4 Å². The second-order valence-electron chi connectivity index (χ2n) is 12.1. The van der Waals surface area contributed by atoms with E-state index in [9.17, 15) is 26.7 Å². The molecule has 2 aromatic heterocycles. The van der Waals surface area contributed by atoms with Gasteiger partial charge in [-0.25, -0.2) is 9.97 Å². The molecule has 14 nitrogen and oxygen atoms in total. The largest absolute Gasteiger partial charge is 0.586 e. The molecule has 7 rings (SSSR count). The van der Waals surface area contributed by atoms with Crippen LogP contribution in [-0.4, -0.2) is 59.4 Å². The molecule has 0 atom stereocenters. The van der Waals surface area contributed by atoms with E-state index in [1.165, 1.54) is 39.5 Å². The first-order valence-corrected chi connectivity index (χ1v) is 18.8. The number of alkyl halides is 5. The summed E-state index contributed by atoms with van der Waals surface area (Å²) in [5, 5.41) is 8.48. The molecular weight excluding hydrogens is 853 g/mol. The van der Waals surface area contributed by atoms with Gasteiger partial charge in [0.15, 0.2) is 28.8 Å². The van der Waals surface area contributed by atoms with Gasteiger partial charge in [-0.15, -0.1) is 8.78 Å². The van der Waals surface area contributed by atoms with Gasteiger partial charge in [0.1, 0.15) is 17.1 Å². The Balaban J connectivity index is 0.000000218. The summed E-state index contributed by atoms with van der Waals surface area (Å²) in [5.74, 6) is 1.62. The molecule has 1 fully saturated rings. The number of rotatable bonds is 13. The number of halogens is 6. The summed E-state index contributed by atoms with van der Waals surface area (Å²) in [5.41, 5.74) is 0.404. The Labute approximate surface area is 343 Å². The topological polar surface area (TPSA) is 160 Å². The van der Waals surface area contributed by atoms with E-state index in [0.29, 0.717) is 51.3 Å². The number of anilines is 5. The van der Waals surface area contributed by atoms with Crippen molar-refractivity contribution in [1.29, 1.82) is 0 Å². The maximum Gasteiger partial charge on any atom is 0.586 e. The standard InChI is InChI=1S/C22H22BrN3O5.C15H11F5N4O2.C2H6/c1-5-16(27)14-8-6-7-9-17(14)31-21-15(23)12-24-22(26-21)25-13-10-18(28-2)20(30-4)19(11-13)29-3;16-14(17,18)9-6-21-13(24-12(9)22-7-1-2-7)23-8-3-4-10-11(5-8)26-15(19,20)25-10;1-2/h6-12H,5H2,1-4H3,(H,24,25,26);3-7H,1-2H2,(H2,21,22,23,24);1-2H3. The number of para-hydroxylation sites is 1. The van der Waals surface area contributed by atoms with Crippen LogP contribution < -0.4 is 44.4 Å². The molecule has 3 aromatic carbocycles. The number of carbonyl (C=O) groups is 1. The van der Waals surface area contributed by atoms with Crippen molar-refractivity contribution in [2.24, 2.45) is 0 Å². The van der Waals surface area contributed by atoms with Crippen molar-refractivity contribution < 1.29 is 55.2 Å². The van der Waals surface area contributed by atoms with Crippen molar-refractivity contribution in [1.82, 2.24) is 19.9 Å². The number of Topliss-reactive ketones (excluding diaryl/α,β-unsaturated/α-hetero) is 1. The number of benzene rings is 3. The molecule has 3 N–H and O–H groups in total. The molecule has 314 valence electrons. The summed E-state index contributed by atoms with van der Waals surface area (Å²) in [4.78, 5) is 28.4. The van der Waals surface area contributed by atoms with Gasteiger partial charge < -0.3 is 44.4 Å². The van der Waals surface area contributed by atoms with Crippen molar-refractivity contribution in [3.63, 3.8) is 0 Å². The normalized spacial score (nSPS) is 13.4. The third-order valence-corrected chi connectivity index (χ3v) is 8.56. The smallest absolute Gasteiger partial charge is 0.493 e. The van der Waals surface area contributed by atoms with Crippen molar-refractivity contribution in [3.8, 4) is 40.4 Å². The van der Waals surface area contributed by atoms with Crippen LogP contribution >= 0.6 is 15.9 Å². The minimum absolute atomic E-state index is 0.0171. The Morgan fingerprint density at radius 3 is 2.10 bits per heavy atom. The molecule has 0 unspecified atom stereocenters. The summed E-state index contributed by atoms with van der Waals surface area (Å²) >= 11 is 3.40. The lowest BCUT2D eigenvalue weighted by Gasteiger charge is -2.15. The number of carbonyl (C=O) groups excluding carboxylic acids is 1. The predicted octanol–water partition coefficient (Wildman–Crippen LogP) is 10.6. The zero-order chi connectivity index (χ0) is 42.9. The predicted molar refractivity (Wildman–Crippen MR) is 211 cm³/mol. The molecule has 1 aliphatic carbocycles. The highest BCUT2D eigenvalue weighted by molar-refractivity contribution is 9.10. The maximum absolute atomic E-state index is 13.1. The first-order chi connectivity index (χ1) is 28.2. The number of nitrogens with one attached hydrogen (secondary N) is 3. The Kier molecular flexibility index (Phi) is 14.2. The van der Waals surface area contributed by atoms with Gasteiger partial charge in [-0.05, 0) is 53.0 Å². The second-order valence-corrected chi connectivity index (χ2v) is 12.9. The monoisotopic (exact) mass is 891 g/mol. The molecule has 0 spiro atoms. The minimum Gasteiger partial charge on any atom is -0.493 e. The van der Waals surface area contributed by atoms with Gasteiger partial charge >= 0.3 is 12.5 Å². The Bertz CT molecular complexity index is 2240. The van der Waals surface area contributed by atoms with E-state index >= 15 is 0 Å². The Hall–Kier alpha value is -6.18. The summed E-state index contributed by atoms with van der Waals surface area (Å²) in [6, 6.07) is 14.3. The number of ketones is 1. The maximum atomic E-state index is 13.1. The molecule has 0 bridgehead atoms. The molecule has 59 heavy (non-hydrogen) atoms. The molecular formula is C39H39BrF5N7O7. The summed E-state index contributed by atoms with van der Waals surface area (Å²) < 4.78 is 96.4. The lowest BCUT2D eigenvalue weighted by atomic mass is 10.1. The van der Waals surface area contributed by atoms with Gasteiger partial charge in [0.25, 0.3) is 0 Å². The fourth-order valence-electron chi connectivity index (χ4n) is 5.18. The number of nitrogens with zero attached hydrogens (tertiary/aromatic N) is 4. The molecule has 1 aliphatic heterocycles. The van der Waals surface area contributed by atoms with Gasteiger partial charge in [0.2, 0.25) is 23.5 Å². The molecule has 0 amide bonds. The van der Waals surface area contributed by atoms with Gasteiger partial charge in [0, 0.05) is 48.2 Å². The van der Waals surface area contributed by atoms with Gasteiger partial charge in [-0.2, -0.15) is 23.1 Å². The SMILES string of the molecule is CC.CCC(=O)c1ccccc1Oc1nc(Nc2cc(OC)c(OC)c(OC)c2)ncc1Br.FC1(F)Oc2ccc(Nc3ncc(C(F)(F)F)c(NC4CC4)n3)cc2O1. The Morgan fingerprint density at radius 1 is 0.847 bits per heavy atom. The van der Waals surface area contributed by atoms with Crippen LogP contribution in [0.2, 0.25) is 0 Å². The highest BCUT2D eigenvalue weighted by Gasteiger charge is 2.43. The number of hydrogen-bond acceptors (Lipinski definition) is 14. The molecule has 20 heteroatoms. The van der Waals surface area contributed by atoms with E-state index in [-0.39, 0.29) is 52.6 Å². The number of hydrogen-bond donors (Lipinski definition) is 3. The number of aromatic nitrogens is 4. The van der Waals surface area contributed by atoms with Crippen LogP contribution in [0.15, 0.2) is 71.5 Å². The quantitative estimate of drug-likeness (QED) is 0.0757. The lowest BCUT2D eigenvalue weighted by molar-refractivity contribution is -0.286. The molecule has 0 saturated heterocycles. The second kappa shape index (κ2) is 19.0. The average molecular weight is 893 g/mol. The number of ether oxygens (including phenoxy) is 6. The summed E-state index contributed by atoms with van der Waals surface area (Å²) in [6.07, 6.45) is -4.22. The van der Waals surface area contributed by atoms with E-state index in [2.05, 4.69) is 61.3 Å². The number of fused-ring (bicyclic) bond motifs is 1. The van der Waals surface area contributed by atoms with Crippen LogP contribution in [0.25, 0.3) is 0 Å². The van der Waals surface area contributed by atoms with Crippen molar-refractivity contribution >= 4 is 50.8 Å². The van der Waals surface area contributed by atoms with Crippen LogP contribution in [-0.2, 0) is 6.18 Å². The van der Waals surface area contributed by atoms with E-state index in [1.807, 2.05) is 13.8 Å². The van der Waals surface area contributed by atoms with Crippen LogP contribution in [0.1, 0.15) is 56.0 Å². The van der Waals surface area contributed by atoms with Crippen LogP contribution in [0.3, 0.4) is 0 Å². The van der Waals surface area contributed by atoms with Crippen LogP contribution in [0.4, 0.5) is 51.0 Å². The van der Waals surface area contributed by atoms with E-state index in [0.717, 1.165) is 12.8 Å². The van der Waals surface area contributed by atoms with E-state index < -0.39 is 18.0 Å². The first kappa shape index (κ1) is 43.9. The fourth-order valence-corrected chi connectivity index (χ4v) is 5.45. The third-order valence-electron chi connectivity index (χ3n) is 8.02. The molecule has 2 aliphatic rings. The summed E-state index contributed by atoms with van der Waals surface area (Å²) in [6.45, 7) is 5.80. The molecule has 5 aromatic rings. The van der Waals surface area contributed by atoms with Gasteiger partial charge in [-0.1, -0.05) is 32.9 Å². The van der Waals surface area contributed by atoms with Crippen molar-refractivity contribution in [2.45, 2.75) is 58.5 Å². The molecule has 3 heterocycles. The van der Waals surface area contributed by atoms with E-state index in [4.69, 9.17) is 18.9 Å². The van der Waals surface area contributed by atoms with Gasteiger partial charge in [-0.3, -0.25) is 4.79 Å². The van der Waals surface area contributed by atoms with E-state index in [1.54, 1.807) is 49.5 Å². The average Bonchev–Trinajstić information content (AvgIpc) is 3.98. The molecule has 1 saturated carbocycles. The Morgan fingerprint density at radius 2 is 1.47 bits per heavy atom.